The molecule has 47 heavy (non-hydrogen) atoms. The van der Waals surface area contributed by atoms with Crippen molar-refractivity contribution in [2.45, 2.75) is 251 Å². The summed E-state index contributed by atoms with van der Waals surface area (Å²) in [5.74, 6) is 0.671. The van der Waals surface area contributed by atoms with Crippen LogP contribution in [-0.4, -0.2) is 0 Å². The van der Waals surface area contributed by atoms with Crippen LogP contribution in [0.1, 0.15) is 248 Å². The molecule has 0 aliphatic rings. The van der Waals surface area contributed by atoms with Crippen molar-refractivity contribution in [3.05, 3.63) is 34.4 Å². The molecule has 0 aromatic heterocycles. The van der Waals surface area contributed by atoms with Gasteiger partial charge in [0, 0.05) is 5.88 Å². The maximum Gasteiger partial charge on any atom is 0.0476 e. The summed E-state index contributed by atoms with van der Waals surface area (Å²) in [6, 6.07) is 4.72. The van der Waals surface area contributed by atoms with Crippen LogP contribution in [0.3, 0.4) is 0 Å². The summed E-state index contributed by atoms with van der Waals surface area (Å²) >= 11 is 6.48. The molecule has 0 spiro atoms. The van der Waals surface area contributed by atoms with E-state index in [-0.39, 0.29) is 6.15 Å². The number of rotatable bonds is 36. The second-order valence-electron chi connectivity index (χ2n) is 14.9. The van der Waals surface area contributed by atoms with E-state index in [0.717, 1.165) is 6.42 Å². The van der Waals surface area contributed by atoms with Crippen molar-refractivity contribution in [3.8, 4) is 0 Å². The van der Waals surface area contributed by atoms with Gasteiger partial charge in [-0.3, -0.25) is 0 Å². The Morgan fingerprint density at radius 3 is 0.830 bits per heavy atom. The molecular weight excluding hydrogens is 590 g/mol. The van der Waals surface area contributed by atoms with Crippen LogP contribution in [0.4, 0.5) is 0 Å². The Kier molecular flexibility index (Phi) is 36.3. The maximum absolute atomic E-state index is 6.48. The van der Waals surface area contributed by atoms with Gasteiger partial charge in [0.1, 0.15) is 0 Å². The normalized spacial score (nSPS) is 11.3. The second kappa shape index (κ2) is 36.7. The quantitative estimate of drug-likeness (QED) is 0.0557. The Labute approximate surface area is 302 Å². The average Bonchev–Trinajstić information content (AvgIpc) is 3.07. The highest BCUT2D eigenvalue weighted by atomic mass is 35.5. The molecule has 1 aromatic rings. The average molecular weight is 677 g/mol. The third-order valence-electron chi connectivity index (χ3n) is 10.7. The number of aryl methyl sites for hydroxylation is 1. The van der Waals surface area contributed by atoms with Crippen molar-refractivity contribution in [2.24, 2.45) is 0 Å². The zero-order chi connectivity index (χ0) is 33.2. The molecule has 2 heteroatoms. The fourth-order valence-electron chi connectivity index (χ4n) is 7.57. The smallest absolute Gasteiger partial charge is 0.0476 e. The molecule has 0 amide bonds. The molecule has 0 radical (unpaired) electrons. The highest BCUT2D eigenvalue weighted by molar-refractivity contribution is 6.17. The van der Waals surface area contributed by atoms with Crippen molar-refractivity contribution < 1.29 is 0 Å². The third-order valence-corrected chi connectivity index (χ3v) is 11.0. The van der Waals surface area contributed by atoms with E-state index in [1.807, 2.05) is 0 Å². The van der Waals surface area contributed by atoms with Crippen molar-refractivity contribution >= 4 is 11.6 Å². The van der Waals surface area contributed by atoms with Crippen molar-refractivity contribution in [1.29, 1.82) is 0 Å². The Hall–Kier alpha value is -0.530. The Bertz CT molecular complexity index is 696. The van der Waals surface area contributed by atoms with E-state index in [4.69, 9.17) is 11.6 Å². The lowest BCUT2D eigenvalue weighted by atomic mass is 9.88. The van der Waals surface area contributed by atoms with Crippen LogP contribution < -0.4 is 6.15 Å². The fraction of sp³-hybridized carbons (Fsp3) is 0.867. The molecule has 1 aromatic carbocycles. The summed E-state index contributed by atoms with van der Waals surface area (Å²) in [5.41, 5.74) is 6.29. The summed E-state index contributed by atoms with van der Waals surface area (Å²) < 4.78 is 0. The van der Waals surface area contributed by atoms with Gasteiger partial charge in [0.15, 0.2) is 0 Å². The van der Waals surface area contributed by atoms with Gasteiger partial charge in [0.2, 0.25) is 0 Å². The van der Waals surface area contributed by atoms with Gasteiger partial charge in [-0.2, -0.15) is 0 Å². The van der Waals surface area contributed by atoms with E-state index < -0.39 is 0 Å². The van der Waals surface area contributed by atoms with Gasteiger partial charge < -0.3 is 6.15 Å². The van der Waals surface area contributed by atoms with Crippen LogP contribution in [0.2, 0.25) is 0 Å². The minimum Gasteiger partial charge on any atom is -0.344 e. The van der Waals surface area contributed by atoms with E-state index >= 15 is 0 Å². The van der Waals surface area contributed by atoms with E-state index in [0.29, 0.717) is 5.88 Å². The Morgan fingerprint density at radius 1 is 0.340 bits per heavy atom. The van der Waals surface area contributed by atoms with Crippen molar-refractivity contribution in [3.63, 3.8) is 0 Å². The summed E-state index contributed by atoms with van der Waals surface area (Å²) in [7, 11) is 0. The lowest BCUT2D eigenvalue weighted by molar-refractivity contribution is 0.528. The standard InChI is InChI=1S/C45H83Cl.H3N/c1-4-7-9-11-13-15-17-19-21-23-25-27-29-31-33-35-37-44-42(6-3)39-40-43(41-46)45(44)38-36-34-32-30-28-26-24-22-20-18-16-14-12-10-8-5-2;/h39-40H,4-38,41H2,1-3H3;1H3. The highest BCUT2D eigenvalue weighted by Gasteiger charge is 2.12. The number of unbranched alkanes of at least 4 members (excludes halogenated alkanes) is 30. The SMILES string of the molecule is CCCCCCCCCCCCCCCCCCc1c(CC)ccc(CCl)c1CCCCCCCCCCCCCCCCCC.N. The number of hydrogen-bond acceptors (Lipinski definition) is 1. The molecule has 3 N–H and O–H groups in total. The zero-order valence-electron chi connectivity index (χ0n) is 32.7. The monoisotopic (exact) mass is 676 g/mol. The molecule has 0 saturated heterocycles. The van der Waals surface area contributed by atoms with Crippen molar-refractivity contribution in [2.75, 3.05) is 0 Å². The maximum atomic E-state index is 6.48. The second-order valence-corrected chi connectivity index (χ2v) is 15.2. The number of hydrogen-bond donors (Lipinski definition) is 1. The van der Waals surface area contributed by atoms with Gasteiger partial charge in [-0.1, -0.05) is 226 Å². The molecule has 0 unspecified atom stereocenters. The largest absolute Gasteiger partial charge is 0.344 e. The molecule has 0 bridgehead atoms. The van der Waals surface area contributed by atoms with Gasteiger partial charge in [-0.25, -0.2) is 0 Å². The molecule has 1 nitrogen and oxygen atoms in total. The molecule has 0 aliphatic carbocycles. The van der Waals surface area contributed by atoms with E-state index in [1.54, 1.807) is 16.7 Å². The molecule has 0 saturated carbocycles. The first kappa shape index (κ1) is 46.5. The van der Waals surface area contributed by atoms with Gasteiger partial charge in [-0.05, 0) is 54.4 Å². The topological polar surface area (TPSA) is 35.0 Å². The fourth-order valence-corrected chi connectivity index (χ4v) is 7.82. The summed E-state index contributed by atoms with van der Waals surface area (Å²) in [5, 5.41) is 0. The summed E-state index contributed by atoms with van der Waals surface area (Å²) in [6.45, 7) is 6.95. The van der Waals surface area contributed by atoms with Crippen LogP contribution >= 0.6 is 11.6 Å². The first-order chi connectivity index (χ1) is 22.8. The molecule has 0 heterocycles. The minimum absolute atomic E-state index is 0. The molecule has 0 atom stereocenters. The van der Waals surface area contributed by atoms with Crippen molar-refractivity contribution in [1.82, 2.24) is 6.15 Å². The summed E-state index contributed by atoms with van der Waals surface area (Å²) in [4.78, 5) is 0. The summed E-state index contributed by atoms with van der Waals surface area (Å²) in [6.07, 6.45) is 49.7. The van der Waals surface area contributed by atoms with Crippen LogP contribution in [-0.2, 0) is 25.1 Å². The van der Waals surface area contributed by atoms with Crippen LogP contribution in [0.5, 0.6) is 0 Å². The van der Waals surface area contributed by atoms with Crippen LogP contribution in [0.15, 0.2) is 12.1 Å². The predicted molar refractivity (Wildman–Crippen MR) is 217 cm³/mol. The predicted octanol–water partition coefficient (Wildman–Crippen LogP) is 16.8. The third kappa shape index (κ3) is 26.9. The van der Waals surface area contributed by atoms with Gasteiger partial charge in [-0.15, -0.1) is 11.6 Å². The first-order valence-corrected chi connectivity index (χ1v) is 22.0. The minimum atomic E-state index is 0. The number of alkyl halides is 1. The van der Waals surface area contributed by atoms with Gasteiger partial charge in [0.05, 0.1) is 0 Å². The molecule has 278 valence electrons. The lowest BCUT2D eigenvalue weighted by Crippen LogP contribution is -2.05. The van der Waals surface area contributed by atoms with Gasteiger partial charge in [0.25, 0.3) is 0 Å². The first-order valence-electron chi connectivity index (χ1n) is 21.5. The Morgan fingerprint density at radius 2 is 0.574 bits per heavy atom. The molecular formula is C45H86ClN. The van der Waals surface area contributed by atoms with Crippen LogP contribution in [0.25, 0.3) is 0 Å². The molecule has 0 fully saturated rings. The van der Waals surface area contributed by atoms with Gasteiger partial charge >= 0.3 is 0 Å². The van der Waals surface area contributed by atoms with Crippen LogP contribution in [0, 0.1) is 0 Å². The lowest BCUT2D eigenvalue weighted by Gasteiger charge is -2.18. The number of halogens is 1. The van der Waals surface area contributed by atoms with E-state index in [9.17, 15) is 0 Å². The van der Waals surface area contributed by atoms with E-state index in [1.165, 1.54) is 224 Å². The molecule has 1 rings (SSSR count). The Balaban J connectivity index is 0.0000212. The number of benzene rings is 1. The zero-order valence-corrected chi connectivity index (χ0v) is 33.5. The molecule has 0 aliphatic heterocycles. The van der Waals surface area contributed by atoms with E-state index in [2.05, 4.69) is 32.9 Å². The highest BCUT2D eigenvalue weighted by Crippen LogP contribution is 2.27.